The summed E-state index contributed by atoms with van der Waals surface area (Å²) in [7, 11) is 2.85. The fourth-order valence-electron chi connectivity index (χ4n) is 2.26. The predicted molar refractivity (Wildman–Crippen MR) is 98.4 cm³/mol. The molecule has 134 valence electrons. The zero-order valence-corrected chi connectivity index (χ0v) is 14.8. The lowest BCUT2D eigenvalue weighted by atomic mass is 10.1. The van der Waals surface area contributed by atoms with Crippen LogP contribution in [0.2, 0.25) is 0 Å². The van der Waals surface area contributed by atoms with Crippen LogP contribution in [0.4, 0.5) is 10.1 Å². The summed E-state index contributed by atoms with van der Waals surface area (Å²) in [6.07, 6.45) is 1.64. The third kappa shape index (κ3) is 3.80. The number of phenols is 1. The first-order valence-electron chi connectivity index (χ1n) is 7.50. The van der Waals surface area contributed by atoms with Crippen LogP contribution in [0.15, 0.2) is 46.3 Å². The van der Waals surface area contributed by atoms with Gasteiger partial charge in [0.15, 0.2) is 16.7 Å². The molecule has 0 saturated carbocycles. The molecule has 1 amide bonds. The number of aromatic hydroxyl groups is 1. The summed E-state index contributed by atoms with van der Waals surface area (Å²) in [4.78, 5) is 16.8. The summed E-state index contributed by atoms with van der Waals surface area (Å²) in [6, 6.07) is 8.82. The number of hydrogen-bond acceptors (Lipinski definition) is 6. The van der Waals surface area contributed by atoms with Gasteiger partial charge < -0.3 is 19.9 Å². The van der Waals surface area contributed by atoms with Crippen LogP contribution in [0.3, 0.4) is 0 Å². The molecule has 8 heteroatoms. The number of aliphatic imine (C=N–C) groups is 1. The first-order chi connectivity index (χ1) is 12.5. The number of rotatable bonds is 4. The lowest BCUT2D eigenvalue weighted by Crippen LogP contribution is -2.19. The summed E-state index contributed by atoms with van der Waals surface area (Å²) >= 11 is 1.16. The highest BCUT2D eigenvalue weighted by Crippen LogP contribution is 2.38. The van der Waals surface area contributed by atoms with E-state index < -0.39 is 0 Å². The average Bonchev–Trinajstić information content (AvgIpc) is 2.97. The van der Waals surface area contributed by atoms with E-state index in [-0.39, 0.29) is 29.0 Å². The number of thioether (sulfide) groups is 1. The summed E-state index contributed by atoms with van der Waals surface area (Å²) in [5.74, 6) is -0.298. The topological polar surface area (TPSA) is 80.2 Å². The lowest BCUT2D eigenvalue weighted by Gasteiger charge is -2.09. The highest BCUT2D eigenvalue weighted by molar-refractivity contribution is 8.18. The second-order valence-corrected chi connectivity index (χ2v) is 6.26. The third-order valence-electron chi connectivity index (χ3n) is 3.51. The van der Waals surface area contributed by atoms with Crippen LogP contribution < -0.4 is 14.8 Å². The highest BCUT2D eigenvalue weighted by Gasteiger charge is 2.24. The standard InChI is InChI=1S/C18H15FN2O4S/c1-24-13-7-10(8-14(25-2)16(13)22)9-15-17(23)21-18(26-15)20-12-5-3-11(19)4-6-12/h3-9,22H,1-2H3,(H,20,21,23)/b15-9-. The number of nitrogens with one attached hydrogen (secondary N) is 1. The zero-order chi connectivity index (χ0) is 18.7. The minimum atomic E-state index is -0.354. The van der Waals surface area contributed by atoms with Crippen molar-refractivity contribution in [2.45, 2.75) is 0 Å². The Morgan fingerprint density at radius 1 is 1.15 bits per heavy atom. The van der Waals surface area contributed by atoms with Gasteiger partial charge in [-0.1, -0.05) is 0 Å². The van der Waals surface area contributed by atoms with Gasteiger partial charge in [0, 0.05) is 0 Å². The van der Waals surface area contributed by atoms with Crippen molar-refractivity contribution in [1.29, 1.82) is 0 Å². The van der Waals surface area contributed by atoms with Gasteiger partial charge in [-0.15, -0.1) is 0 Å². The SMILES string of the molecule is COc1cc(/C=C2\SC(=Nc3ccc(F)cc3)NC2=O)cc(OC)c1O. The number of halogens is 1. The number of hydrogen-bond donors (Lipinski definition) is 2. The smallest absolute Gasteiger partial charge is 0.264 e. The van der Waals surface area contributed by atoms with E-state index in [0.29, 0.717) is 21.3 Å². The molecule has 1 saturated heterocycles. The van der Waals surface area contributed by atoms with Gasteiger partial charge in [0.05, 0.1) is 24.8 Å². The Bertz CT molecular complexity index is 885. The molecule has 2 N–H and O–H groups in total. The van der Waals surface area contributed by atoms with E-state index in [1.54, 1.807) is 18.2 Å². The minimum absolute atomic E-state index is 0.112. The molecule has 1 aliphatic heterocycles. The van der Waals surface area contributed by atoms with Crippen LogP contribution in [-0.2, 0) is 4.79 Å². The number of amidine groups is 1. The molecular formula is C18H15FN2O4S. The molecule has 0 spiro atoms. The maximum atomic E-state index is 12.9. The highest BCUT2D eigenvalue weighted by atomic mass is 32.2. The van der Waals surface area contributed by atoms with Gasteiger partial charge in [-0.05, 0) is 59.8 Å². The number of carbonyl (C=O) groups excluding carboxylic acids is 1. The Labute approximate surface area is 153 Å². The molecule has 0 bridgehead atoms. The molecule has 2 aromatic carbocycles. The Hall–Kier alpha value is -3.00. The van der Waals surface area contributed by atoms with E-state index in [9.17, 15) is 14.3 Å². The quantitative estimate of drug-likeness (QED) is 0.802. The normalized spacial score (nSPS) is 16.8. The number of amides is 1. The Kier molecular flexibility index (Phi) is 5.13. The Balaban J connectivity index is 1.88. The van der Waals surface area contributed by atoms with Gasteiger partial charge in [-0.3, -0.25) is 4.79 Å². The van der Waals surface area contributed by atoms with Gasteiger partial charge >= 0.3 is 0 Å². The Morgan fingerprint density at radius 3 is 2.35 bits per heavy atom. The molecule has 1 heterocycles. The predicted octanol–water partition coefficient (Wildman–Crippen LogP) is 3.44. The van der Waals surface area contributed by atoms with Crippen molar-refractivity contribution in [2.75, 3.05) is 14.2 Å². The molecule has 1 aliphatic rings. The molecule has 0 aliphatic carbocycles. The summed E-state index contributed by atoms with van der Waals surface area (Å²) in [6.45, 7) is 0. The lowest BCUT2D eigenvalue weighted by molar-refractivity contribution is -0.115. The molecule has 0 unspecified atom stereocenters. The van der Waals surface area contributed by atoms with Crippen molar-refractivity contribution >= 4 is 34.6 Å². The number of nitrogens with zero attached hydrogens (tertiary/aromatic N) is 1. The zero-order valence-electron chi connectivity index (χ0n) is 13.9. The molecule has 0 aromatic heterocycles. The number of benzene rings is 2. The molecule has 3 rings (SSSR count). The minimum Gasteiger partial charge on any atom is -0.502 e. The second-order valence-electron chi connectivity index (χ2n) is 5.23. The van der Waals surface area contributed by atoms with Crippen LogP contribution in [-0.4, -0.2) is 30.4 Å². The summed E-state index contributed by atoms with van der Waals surface area (Å²) in [5.41, 5.74) is 1.15. The van der Waals surface area contributed by atoms with Gasteiger partial charge in [0.1, 0.15) is 5.82 Å². The molecular weight excluding hydrogens is 359 g/mol. The van der Waals surface area contributed by atoms with E-state index >= 15 is 0 Å². The molecule has 0 radical (unpaired) electrons. The maximum Gasteiger partial charge on any atom is 0.264 e. The molecule has 6 nitrogen and oxygen atoms in total. The van der Waals surface area contributed by atoms with Crippen LogP contribution in [0.1, 0.15) is 5.56 Å². The van der Waals surface area contributed by atoms with E-state index in [1.165, 1.54) is 38.5 Å². The average molecular weight is 374 g/mol. The van der Waals surface area contributed by atoms with E-state index in [4.69, 9.17) is 9.47 Å². The Morgan fingerprint density at radius 2 is 1.77 bits per heavy atom. The van der Waals surface area contributed by atoms with Crippen LogP contribution in [0.25, 0.3) is 6.08 Å². The van der Waals surface area contributed by atoms with Crippen molar-refractivity contribution in [3.63, 3.8) is 0 Å². The van der Waals surface area contributed by atoms with E-state index in [1.807, 2.05) is 0 Å². The first kappa shape index (κ1) is 17.8. The maximum absolute atomic E-state index is 12.9. The van der Waals surface area contributed by atoms with E-state index in [2.05, 4.69) is 10.3 Å². The van der Waals surface area contributed by atoms with Crippen molar-refractivity contribution in [1.82, 2.24) is 5.32 Å². The monoisotopic (exact) mass is 374 g/mol. The van der Waals surface area contributed by atoms with Gasteiger partial charge in [0.2, 0.25) is 5.75 Å². The van der Waals surface area contributed by atoms with Crippen molar-refractivity contribution in [3.05, 3.63) is 52.7 Å². The summed E-state index contributed by atoms with van der Waals surface area (Å²) < 4.78 is 23.2. The summed E-state index contributed by atoms with van der Waals surface area (Å²) in [5, 5.41) is 13.0. The number of carbonyl (C=O) groups is 1. The second kappa shape index (κ2) is 7.49. The molecule has 26 heavy (non-hydrogen) atoms. The van der Waals surface area contributed by atoms with Crippen molar-refractivity contribution in [2.24, 2.45) is 4.99 Å². The van der Waals surface area contributed by atoms with Crippen LogP contribution >= 0.6 is 11.8 Å². The fourth-order valence-corrected chi connectivity index (χ4v) is 3.10. The van der Waals surface area contributed by atoms with E-state index in [0.717, 1.165) is 11.8 Å². The fraction of sp³-hybridized carbons (Fsp3) is 0.111. The first-order valence-corrected chi connectivity index (χ1v) is 8.32. The molecule has 2 aromatic rings. The molecule has 1 fully saturated rings. The van der Waals surface area contributed by atoms with Gasteiger partial charge in [-0.2, -0.15) is 0 Å². The number of ether oxygens (including phenoxy) is 2. The van der Waals surface area contributed by atoms with Crippen LogP contribution in [0.5, 0.6) is 17.2 Å². The number of phenolic OH excluding ortho intramolecular Hbond substituents is 1. The largest absolute Gasteiger partial charge is 0.502 e. The van der Waals surface area contributed by atoms with Gasteiger partial charge in [0.25, 0.3) is 5.91 Å². The van der Waals surface area contributed by atoms with Crippen molar-refractivity contribution in [3.8, 4) is 17.2 Å². The number of methoxy groups -OCH3 is 2. The van der Waals surface area contributed by atoms with Crippen LogP contribution in [0, 0.1) is 5.82 Å². The van der Waals surface area contributed by atoms with Gasteiger partial charge in [-0.25, -0.2) is 9.38 Å². The molecule has 0 atom stereocenters. The van der Waals surface area contributed by atoms with Crippen molar-refractivity contribution < 1.29 is 23.8 Å². The third-order valence-corrected chi connectivity index (χ3v) is 4.42.